The van der Waals surface area contributed by atoms with Crippen LogP contribution in [0.5, 0.6) is 0 Å². The lowest BCUT2D eigenvalue weighted by molar-refractivity contribution is -0.116. The molecule has 0 unspecified atom stereocenters. The highest BCUT2D eigenvalue weighted by Crippen LogP contribution is 2.26. The molecule has 22 heavy (non-hydrogen) atoms. The molecule has 1 aromatic heterocycles. The number of hydrogen-bond donors (Lipinski definition) is 1. The molecule has 1 amide bonds. The number of para-hydroxylation sites is 2. The van der Waals surface area contributed by atoms with Crippen LogP contribution in [0.25, 0.3) is 11.0 Å². The number of aryl methyl sites for hydroxylation is 2. The van der Waals surface area contributed by atoms with E-state index in [9.17, 15) is 4.79 Å². The first kappa shape index (κ1) is 14.8. The highest BCUT2D eigenvalue weighted by molar-refractivity contribution is 9.10. The van der Waals surface area contributed by atoms with E-state index in [0.717, 1.165) is 26.8 Å². The predicted molar refractivity (Wildman–Crippen MR) is 92.0 cm³/mol. The first-order valence-corrected chi connectivity index (χ1v) is 7.80. The summed E-state index contributed by atoms with van der Waals surface area (Å²) in [4.78, 5) is 16.6. The molecule has 112 valence electrons. The van der Waals surface area contributed by atoms with Crippen LogP contribution in [0.2, 0.25) is 0 Å². The van der Waals surface area contributed by atoms with Crippen molar-refractivity contribution in [1.82, 2.24) is 9.55 Å². The lowest BCUT2D eigenvalue weighted by Gasteiger charge is -2.11. The topological polar surface area (TPSA) is 46.9 Å². The lowest BCUT2D eigenvalue weighted by atomic mass is 10.1. The number of nitrogens with zero attached hydrogens (tertiary/aromatic N) is 2. The summed E-state index contributed by atoms with van der Waals surface area (Å²) in [5, 5.41) is 2.95. The summed E-state index contributed by atoms with van der Waals surface area (Å²) >= 11 is 3.49. The Morgan fingerprint density at radius 1 is 1.23 bits per heavy atom. The number of nitrogens with one attached hydrogen (secondary N) is 1. The maximum absolute atomic E-state index is 12.3. The minimum atomic E-state index is -0.0768. The second-order valence-corrected chi connectivity index (χ2v) is 6.18. The molecule has 3 aromatic rings. The fourth-order valence-corrected chi connectivity index (χ4v) is 2.91. The molecule has 5 heteroatoms. The molecule has 0 fully saturated rings. The lowest BCUT2D eigenvalue weighted by Crippen LogP contribution is -2.18. The Labute approximate surface area is 137 Å². The fourth-order valence-electron chi connectivity index (χ4n) is 2.36. The summed E-state index contributed by atoms with van der Waals surface area (Å²) in [5.41, 5.74) is 4.97. The second-order valence-electron chi connectivity index (χ2n) is 5.33. The molecule has 0 radical (unpaired) electrons. The molecule has 4 nitrogen and oxygen atoms in total. The van der Waals surface area contributed by atoms with Crippen LogP contribution < -0.4 is 5.32 Å². The van der Waals surface area contributed by atoms with E-state index in [0.29, 0.717) is 0 Å². The number of anilines is 1. The van der Waals surface area contributed by atoms with Crippen molar-refractivity contribution in [2.45, 2.75) is 20.4 Å². The Balaban J connectivity index is 1.80. The molecule has 1 heterocycles. The van der Waals surface area contributed by atoms with Gasteiger partial charge in [-0.2, -0.15) is 0 Å². The van der Waals surface area contributed by atoms with Gasteiger partial charge in [0.15, 0.2) is 0 Å². The largest absolute Gasteiger partial charge is 0.323 e. The van der Waals surface area contributed by atoms with Crippen LogP contribution in [-0.2, 0) is 11.3 Å². The average Bonchev–Trinajstić information content (AvgIpc) is 2.88. The van der Waals surface area contributed by atoms with Crippen molar-refractivity contribution in [3.05, 3.63) is 58.3 Å². The third-order valence-corrected chi connectivity index (χ3v) is 4.35. The van der Waals surface area contributed by atoms with Gasteiger partial charge >= 0.3 is 0 Å². The van der Waals surface area contributed by atoms with Crippen molar-refractivity contribution in [2.24, 2.45) is 0 Å². The van der Waals surface area contributed by atoms with Crippen LogP contribution in [0.1, 0.15) is 11.1 Å². The van der Waals surface area contributed by atoms with Crippen molar-refractivity contribution in [2.75, 3.05) is 5.32 Å². The van der Waals surface area contributed by atoms with E-state index in [2.05, 4.69) is 26.2 Å². The maximum Gasteiger partial charge on any atom is 0.244 e. The molecule has 0 saturated heterocycles. The number of fused-ring (bicyclic) bond motifs is 1. The quantitative estimate of drug-likeness (QED) is 0.768. The smallest absolute Gasteiger partial charge is 0.244 e. The van der Waals surface area contributed by atoms with Gasteiger partial charge in [-0.05, 0) is 65.2 Å². The highest BCUT2D eigenvalue weighted by Gasteiger charge is 2.10. The van der Waals surface area contributed by atoms with Gasteiger partial charge in [0, 0.05) is 4.47 Å². The van der Waals surface area contributed by atoms with E-state index >= 15 is 0 Å². The molecule has 3 rings (SSSR count). The number of benzene rings is 2. The van der Waals surface area contributed by atoms with Gasteiger partial charge in [0.1, 0.15) is 6.54 Å². The molecule has 0 spiro atoms. The summed E-state index contributed by atoms with van der Waals surface area (Å²) in [5.74, 6) is -0.0768. The zero-order valence-corrected chi connectivity index (χ0v) is 14.0. The first-order valence-electron chi connectivity index (χ1n) is 7.01. The SMILES string of the molecule is Cc1cc(Br)c(NC(=O)Cn2cnc3ccccc32)cc1C. The number of aromatic nitrogens is 2. The Kier molecular flexibility index (Phi) is 3.98. The minimum absolute atomic E-state index is 0.0768. The van der Waals surface area contributed by atoms with Crippen LogP contribution in [0.3, 0.4) is 0 Å². The molecule has 0 bridgehead atoms. The highest BCUT2D eigenvalue weighted by atomic mass is 79.9. The summed E-state index contributed by atoms with van der Waals surface area (Å²) in [7, 11) is 0. The number of carbonyl (C=O) groups is 1. The molecule has 2 aromatic carbocycles. The Bertz CT molecular complexity index is 854. The fraction of sp³-hybridized carbons (Fsp3) is 0.176. The third kappa shape index (κ3) is 2.90. The Morgan fingerprint density at radius 2 is 1.95 bits per heavy atom. The van der Waals surface area contributed by atoms with Gasteiger partial charge in [-0.25, -0.2) is 4.98 Å². The standard InChI is InChI=1S/C17H16BrN3O/c1-11-7-13(18)15(8-12(11)2)20-17(22)9-21-10-19-14-5-3-4-6-16(14)21/h3-8,10H,9H2,1-2H3,(H,20,22). The number of amides is 1. The van der Waals surface area contributed by atoms with Gasteiger partial charge in [0.2, 0.25) is 5.91 Å². The number of rotatable bonds is 3. The molecule has 1 N–H and O–H groups in total. The van der Waals surface area contributed by atoms with E-state index in [1.165, 1.54) is 5.56 Å². The zero-order chi connectivity index (χ0) is 15.7. The summed E-state index contributed by atoms with van der Waals surface area (Å²) in [6.45, 7) is 4.31. The minimum Gasteiger partial charge on any atom is -0.323 e. The summed E-state index contributed by atoms with van der Waals surface area (Å²) < 4.78 is 2.74. The van der Waals surface area contributed by atoms with Crippen LogP contribution in [0, 0.1) is 13.8 Å². The van der Waals surface area contributed by atoms with Crippen LogP contribution in [0.15, 0.2) is 47.2 Å². The van der Waals surface area contributed by atoms with Crippen molar-refractivity contribution in [3.63, 3.8) is 0 Å². The second kappa shape index (κ2) is 5.93. The summed E-state index contributed by atoms with van der Waals surface area (Å²) in [6.07, 6.45) is 1.69. The Hall–Kier alpha value is -2.14. The molecule has 0 aliphatic heterocycles. The molecule has 0 saturated carbocycles. The van der Waals surface area contributed by atoms with Crippen molar-refractivity contribution in [1.29, 1.82) is 0 Å². The number of imidazole rings is 1. The normalized spacial score (nSPS) is 10.9. The van der Waals surface area contributed by atoms with Gasteiger partial charge in [0.25, 0.3) is 0 Å². The molecule has 0 atom stereocenters. The van der Waals surface area contributed by atoms with Crippen LogP contribution >= 0.6 is 15.9 Å². The van der Waals surface area contributed by atoms with Crippen molar-refractivity contribution >= 4 is 38.6 Å². The predicted octanol–water partition coefficient (Wildman–Crippen LogP) is 4.05. The van der Waals surface area contributed by atoms with E-state index < -0.39 is 0 Å². The Morgan fingerprint density at radius 3 is 2.77 bits per heavy atom. The third-order valence-electron chi connectivity index (χ3n) is 3.70. The van der Waals surface area contributed by atoms with Gasteiger partial charge in [0.05, 0.1) is 23.0 Å². The average molecular weight is 358 g/mol. The van der Waals surface area contributed by atoms with Gasteiger partial charge < -0.3 is 9.88 Å². The number of halogens is 1. The van der Waals surface area contributed by atoms with Gasteiger partial charge in [-0.3, -0.25) is 4.79 Å². The monoisotopic (exact) mass is 357 g/mol. The van der Waals surface area contributed by atoms with Crippen molar-refractivity contribution in [3.8, 4) is 0 Å². The van der Waals surface area contributed by atoms with E-state index in [-0.39, 0.29) is 12.5 Å². The van der Waals surface area contributed by atoms with E-state index in [4.69, 9.17) is 0 Å². The number of hydrogen-bond acceptors (Lipinski definition) is 2. The van der Waals surface area contributed by atoms with Crippen LogP contribution in [0.4, 0.5) is 5.69 Å². The molecular formula is C17H16BrN3O. The molecular weight excluding hydrogens is 342 g/mol. The van der Waals surface area contributed by atoms with Crippen LogP contribution in [-0.4, -0.2) is 15.5 Å². The summed E-state index contributed by atoms with van der Waals surface area (Å²) in [6, 6.07) is 11.8. The van der Waals surface area contributed by atoms with E-state index in [1.54, 1.807) is 6.33 Å². The molecule has 0 aliphatic carbocycles. The van der Waals surface area contributed by atoms with Gasteiger partial charge in [-0.15, -0.1) is 0 Å². The number of carbonyl (C=O) groups excluding carboxylic acids is 1. The van der Waals surface area contributed by atoms with Crippen molar-refractivity contribution < 1.29 is 4.79 Å². The van der Waals surface area contributed by atoms with Gasteiger partial charge in [-0.1, -0.05) is 12.1 Å². The first-order chi connectivity index (χ1) is 10.5. The molecule has 0 aliphatic rings. The van der Waals surface area contributed by atoms with E-state index in [1.807, 2.05) is 54.8 Å². The zero-order valence-electron chi connectivity index (χ0n) is 12.4. The maximum atomic E-state index is 12.3.